The lowest BCUT2D eigenvalue weighted by Gasteiger charge is -2.12. The van der Waals surface area contributed by atoms with Crippen LogP contribution in [-0.4, -0.2) is 26.6 Å². The summed E-state index contributed by atoms with van der Waals surface area (Å²) in [5.41, 5.74) is 7.11. The fraction of sp³-hybridized carbons (Fsp3) is 0.200. The van der Waals surface area contributed by atoms with Gasteiger partial charge in [-0.15, -0.1) is 0 Å². The smallest absolute Gasteiger partial charge is 0.232 e. The number of carbonyl (C=O) groups is 1. The average Bonchev–Trinajstić information content (AvgIpc) is 2.68. The molecule has 0 aliphatic carbocycles. The van der Waals surface area contributed by atoms with Gasteiger partial charge in [-0.3, -0.25) is 4.79 Å². The summed E-state index contributed by atoms with van der Waals surface area (Å²) < 4.78 is 13.2. The number of para-hydroxylation sites is 1. The molecule has 1 unspecified atom stereocenters. The van der Waals surface area contributed by atoms with Crippen molar-refractivity contribution < 1.29 is 9.18 Å². The lowest BCUT2D eigenvalue weighted by molar-refractivity contribution is -0.115. The number of nitrogens with zero attached hydrogens (tertiary/aromatic N) is 3. The Labute approximate surface area is 172 Å². The van der Waals surface area contributed by atoms with Crippen molar-refractivity contribution in [2.75, 3.05) is 22.1 Å². The van der Waals surface area contributed by atoms with Crippen LogP contribution in [0.3, 0.4) is 0 Å². The average molecular weight is 412 g/mol. The zero-order chi connectivity index (χ0) is 20.6. The first-order valence-electron chi connectivity index (χ1n) is 9.00. The molecule has 1 atom stereocenters. The van der Waals surface area contributed by atoms with Crippen LogP contribution >= 0.6 is 11.8 Å². The Morgan fingerprint density at radius 2 is 1.86 bits per heavy atom. The second-order valence-electron chi connectivity index (χ2n) is 6.19. The van der Waals surface area contributed by atoms with E-state index in [1.165, 1.54) is 23.9 Å². The lowest BCUT2D eigenvalue weighted by atomic mass is 10.3. The van der Waals surface area contributed by atoms with Crippen LogP contribution in [0, 0.1) is 5.82 Å². The highest BCUT2D eigenvalue weighted by Gasteiger charge is 2.14. The maximum Gasteiger partial charge on any atom is 0.232 e. The molecule has 7 nitrogen and oxygen atoms in total. The maximum atomic E-state index is 13.2. The molecule has 0 saturated heterocycles. The van der Waals surface area contributed by atoms with Crippen LogP contribution in [0.15, 0.2) is 54.6 Å². The van der Waals surface area contributed by atoms with Gasteiger partial charge in [-0.05, 0) is 37.3 Å². The van der Waals surface area contributed by atoms with Gasteiger partial charge in [0.2, 0.25) is 17.8 Å². The third kappa shape index (κ3) is 6.42. The van der Waals surface area contributed by atoms with Crippen LogP contribution in [0.2, 0.25) is 0 Å². The molecule has 3 aromatic rings. The van der Waals surface area contributed by atoms with E-state index in [0.717, 1.165) is 5.69 Å². The van der Waals surface area contributed by atoms with Crippen LogP contribution < -0.4 is 16.4 Å². The molecule has 4 N–H and O–H groups in total. The number of nitrogen functional groups attached to an aromatic ring is 1. The van der Waals surface area contributed by atoms with Gasteiger partial charge in [0.1, 0.15) is 11.6 Å². The first-order chi connectivity index (χ1) is 14.0. The number of rotatable bonds is 8. The summed E-state index contributed by atoms with van der Waals surface area (Å²) in [6.07, 6.45) is 0.279. The Morgan fingerprint density at radius 3 is 2.62 bits per heavy atom. The predicted molar refractivity (Wildman–Crippen MR) is 114 cm³/mol. The molecule has 0 radical (unpaired) electrons. The van der Waals surface area contributed by atoms with E-state index in [4.69, 9.17) is 5.73 Å². The number of hydrogen-bond donors (Lipinski definition) is 3. The number of anilines is 4. The van der Waals surface area contributed by atoms with E-state index in [1.807, 2.05) is 37.3 Å². The van der Waals surface area contributed by atoms with Gasteiger partial charge in [-0.2, -0.15) is 26.7 Å². The fourth-order valence-corrected chi connectivity index (χ4v) is 3.40. The van der Waals surface area contributed by atoms with E-state index in [9.17, 15) is 9.18 Å². The molecule has 1 aromatic heterocycles. The summed E-state index contributed by atoms with van der Waals surface area (Å²) in [7, 11) is 0. The van der Waals surface area contributed by atoms with Crippen molar-refractivity contribution >= 4 is 40.9 Å². The minimum absolute atomic E-state index is 0.0846. The van der Waals surface area contributed by atoms with Crippen molar-refractivity contribution in [1.29, 1.82) is 0 Å². The number of nitrogens with two attached hydrogens (primary N) is 1. The highest BCUT2D eigenvalue weighted by atomic mass is 32.2. The Balaban J connectivity index is 1.53. The lowest BCUT2D eigenvalue weighted by Crippen LogP contribution is -2.13. The van der Waals surface area contributed by atoms with E-state index in [0.29, 0.717) is 23.2 Å². The van der Waals surface area contributed by atoms with Crippen molar-refractivity contribution in [2.45, 2.75) is 18.6 Å². The summed E-state index contributed by atoms with van der Waals surface area (Å²) >= 11 is 1.52. The van der Waals surface area contributed by atoms with Crippen LogP contribution in [0.4, 0.5) is 27.7 Å². The van der Waals surface area contributed by atoms with Gasteiger partial charge < -0.3 is 16.4 Å². The fourth-order valence-electron chi connectivity index (χ4n) is 2.49. The van der Waals surface area contributed by atoms with Crippen molar-refractivity contribution in [3.8, 4) is 0 Å². The molecule has 9 heteroatoms. The molecule has 0 aliphatic rings. The largest absolute Gasteiger partial charge is 0.368 e. The number of benzene rings is 2. The molecule has 29 heavy (non-hydrogen) atoms. The van der Waals surface area contributed by atoms with Crippen molar-refractivity contribution in [3.05, 3.63) is 66.2 Å². The quantitative estimate of drug-likeness (QED) is 0.510. The molecule has 1 heterocycles. The molecule has 150 valence electrons. The number of thioether (sulfide) groups is 1. The summed E-state index contributed by atoms with van der Waals surface area (Å²) in [5.74, 6) is 1.01. The van der Waals surface area contributed by atoms with Crippen molar-refractivity contribution in [1.82, 2.24) is 15.0 Å². The number of hydrogen-bond acceptors (Lipinski definition) is 7. The SMILES string of the molecule is CC(SCCC(=O)Nc1cccc(F)c1)c1nc(N)nc(Nc2ccccc2)n1. The van der Waals surface area contributed by atoms with Crippen LogP contribution in [0.1, 0.15) is 24.4 Å². The van der Waals surface area contributed by atoms with E-state index >= 15 is 0 Å². The maximum absolute atomic E-state index is 13.2. The highest BCUT2D eigenvalue weighted by Crippen LogP contribution is 2.27. The summed E-state index contributed by atoms with van der Waals surface area (Å²) in [6, 6.07) is 15.3. The molecule has 0 aliphatic heterocycles. The summed E-state index contributed by atoms with van der Waals surface area (Å²) in [5, 5.41) is 5.69. The minimum Gasteiger partial charge on any atom is -0.368 e. The number of aromatic nitrogens is 3. The molecular formula is C20H21FN6OS. The van der Waals surface area contributed by atoms with E-state index in [2.05, 4.69) is 25.6 Å². The Hall–Kier alpha value is -3.20. The molecule has 0 saturated carbocycles. The van der Waals surface area contributed by atoms with E-state index in [-0.39, 0.29) is 23.5 Å². The predicted octanol–water partition coefficient (Wildman–Crippen LogP) is 4.16. The van der Waals surface area contributed by atoms with Crippen molar-refractivity contribution in [3.63, 3.8) is 0 Å². The number of carbonyl (C=O) groups excluding carboxylic acids is 1. The number of amides is 1. The summed E-state index contributed by atoms with van der Waals surface area (Å²) in [4.78, 5) is 24.8. The van der Waals surface area contributed by atoms with Gasteiger partial charge in [0.05, 0.1) is 5.25 Å². The van der Waals surface area contributed by atoms with Crippen LogP contribution in [0.25, 0.3) is 0 Å². The first-order valence-corrected chi connectivity index (χ1v) is 10.0. The minimum atomic E-state index is -0.391. The third-order valence-electron chi connectivity index (χ3n) is 3.87. The van der Waals surface area contributed by atoms with Gasteiger partial charge in [0.15, 0.2) is 0 Å². The second-order valence-corrected chi connectivity index (χ2v) is 7.64. The first kappa shape index (κ1) is 20.5. The summed E-state index contributed by atoms with van der Waals surface area (Å²) in [6.45, 7) is 1.94. The zero-order valence-electron chi connectivity index (χ0n) is 15.8. The van der Waals surface area contributed by atoms with Gasteiger partial charge in [0.25, 0.3) is 0 Å². The van der Waals surface area contributed by atoms with E-state index < -0.39 is 5.82 Å². The normalized spacial score (nSPS) is 11.7. The number of nitrogens with one attached hydrogen (secondary N) is 2. The van der Waals surface area contributed by atoms with Gasteiger partial charge >= 0.3 is 0 Å². The molecule has 3 rings (SSSR count). The topological polar surface area (TPSA) is 106 Å². The standard InChI is InChI=1S/C20H21FN6OS/c1-13(29-11-10-17(28)23-16-9-5-6-14(21)12-16)18-25-19(22)27-20(26-18)24-15-7-3-2-4-8-15/h2-9,12-13H,10-11H2,1H3,(H,23,28)(H3,22,24,25,26,27). The molecule has 0 bridgehead atoms. The monoisotopic (exact) mass is 412 g/mol. The molecule has 0 fully saturated rings. The van der Waals surface area contributed by atoms with Crippen LogP contribution in [-0.2, 0) is 4.79 Å². The molecule has 0 spiro atoms. The molecule has 2 aromatic carbocycles. The number of halogens is 1. The molecule has 1 amide bonds. The third-order valence-corrected chi connectivity index (χ3v) is 5.02. The Morgan fingerprint density at radius 1 is 1.10 bits per heavy atom. The van der Waals surface area contributed by atoms with Gasteiger partial charge in [0, 0.05) is 23.5 Å². The Bertz CT molecular complexity index is 972. The van der Waals surface area contributed by atoms with Gasteiger partial charge in [-0.1, -0.05) is 24.3 Å². The van der Waals surface area contributed by atoms with E-state index in [1.54, 1.807) is 12.1 Å². The van der Waals surface area contributed by atoms with Gasteiger partial charge in [-0.25, -0.2) is 4.39 Å². The van der Waals surface area contributed by atoms with Crippen molar-refractivity contribution in [2.24, 2.45) is 0 Å². The van der Waals surface area contributed by atoms with Crippen LogP contribution in [0.5, 0.6) is 0 Å². The molecular weight excluding hydrogens is 391 g/mol. The highest BCUT2D eigenvalue weighted by molar-refractivity contribution is 7.99. The zero-order valence-corrected chi connectivity index (χ0v) is 16.6. The second kappa shape index (κ2) is 9.83. The Kier molecular flexibility index (Phi) is 6.96.